The number of nitrogens with one attached hydrogen (secondary N) is 1. The molecule has 0 atom stereocenters. The monoisotopic (exact) mass is 295 g/mol. The Morgan fingerprint density at radius 2 is 2.30 bits per heavy atom. The molecule has 0 spiro atoms. The number of aromatic nitrogens is 1. The van der Waals surface area contributed by atoms with E-state index in [1.807, 2.05) is 5.38 Å². The number of nitro groups is 1. The molecular formula is C12H10FN3O3S. The van der Waals surface area contributed by atoms with E-state index in [1.165, 1.54) is 11.3 Å². The van der Waals surface area contributed by atoms with Gasteiger partial charge in [-0.2, -0.15) is 0 Å². The van der Waals surface area contributed by atoms with E-state index in [9.17, 15) is 19.3 Å². The van der Waals surface area contributed by atoms with Gasteiger partial charge < -0.3 is 5.32 Å². The van der Waals surface area contributed by atoms with Gasteiger partial charge in [0.05, 0.1) is 9.93 Å². The highest BCUT2D eigenvalue weighted by atomic mass is 32.1. The number of thiazole rings is 1. The number of nitrogens with zero attached hydrogens (tertiary/aromatic N) is 2. The quantitative estimate of drug-likeness (QED) is 0.676. The number of amides is 1. The summed E-state index contributed by atoms with van der Waals surface area (Å²) >= 11 is 1.45. The Kier molecular flexibility index (Phi) is 4.36. The van der Waals surface area contributed by atoms with Crippen molar-refractivity contribution in [2.45, 2.75) is 6.42 Å². The van der Waals surface area contributed by atoms with Gasteiger partial charge in [-0.15, -0.1) is 11.3 Å². The number of hydrogen-bond donors (Lipinski definition) is 1. The molecule has 1 heterocycles. The van der Waals surface area contributed by atoms with Gasteiger partial charge in [0.15, 0.2) is 0 Å². The topological polar surface area (TPSA) is 85.1 Å². The van der Waals surface area contributed by atoms with Crippen molar-refractivity contribution in [1.29, 1.82) is 0 Å². The average Bonchev–Trinajstić information content (AvgIpc) is 2.91. The minimum atomic E-state index is -0.713. The first-order valence-corrected chi connectivity index (χ1v) is 6.56. The third-order valence-corrected chi connectivity index (χ3v) is 3.35. The molecule has 1 aromatic heterocycles. The predicted molar refractivity (Wildman–Crippen MR) is 71.2 cm³/mol. The first-order chi connectivity index (χ1) is 9.58. The molecule has 0 aliphatic heterocycles. The van der Waals surface area contributed by atoms with Crippen LogP contribution in [-0.4, -0.2) is 22.4 Å². The van der Waals surface area contributed by atoms with Gasteiger partial charge in [0.25, 0.3) is 11.6 Å². The van der Waals surface area contributed by atoms with Gasteiger partial charge >= 0.3 is 0 Å². The van der Waals surface area contributed by atoms with Crippen molar-refractivity contribution in [3.05, 3.63) is 56.3 Å². The molecule has 0 bridgehead atoms. The Labute approximate surface area is 117 Å². The number of halogens is 1. The molecule has 0 aliphatic rings. The maximum atomic E-state index is 13.1. The minimum Gasteiger partial charge on any atom is -0.351 e. The van der Waals surface area contributed by atoms with Gasteiger partial charge in [0.1, 0.15) is 11.4 Å². The highest BCUT2D eigenvalue weighted by Gasteiger charge is 2.20. The molecule has 0 saturated heterocycles. The van der Waals surface area contributed by atoms with Crippen LogP contribution in [0.1, 0.15) is 15.4 Å². The summed E-state index contributed by atoms with van der Waals surface area (Å²) < 4.78 is 13.1. The fraction of sp³-hybridized carbons (Fsp3) is 0.167. The van der Waals surface area contributed by atoms with Gasteiger partial charge in [-0.3, -0.25) is 14.9 Å². The van der Waals surface area contributed by atoms with Crippen LogP contribution in [0.5, 0.6) is 0 Å². The fourth-order valence-corrected chi connectivity index (χ4v) is 2.22. The summed E-state index contributed by atoms with van der Waals surface area (Å²) in [4.78, 5) is 26.0. The molecule has 1 aromatic carbocycles. The molecule has 0 fully saturated rings. The molecule has 20 heavy (non-hydrogen) atoms. The van der Waals surface area contributed by atoms with Crippen molar-refractivity contribution in [3.8, 4) is 0 Å². The zero-order valence-electron chi connectivity index (χ0n) is 10.2. The zero-order chi connectivity index (χ0) is 14.5. The molecule has 8 heteroatoms. The van der Waals surface area contributed by atoms with E-state index in [-0.39, 0.29) is 12.1 Å². The second kappa shape index (κ2) is 6.20. The average molecular weight is 295 g/mol. The largest absolute Gasteiger partial charge is 0.351 e. The Bertz CT molecular complexity index is 631. The van der Waals surface area contributed by atoms with E-state index < -0.39 is 22.3 Å². The van der Waals surface area contributed by atoms with Crippen molar-refractivity contribution in [1.82, 2.24) is 10.3 Å². The van der Waals surface area contributed by atoms with Crippen LogP contribution in [0.25, 0.3) is 0 Å². The molecule has 0 aliphatic carbocycles. The van der Waals surface area contributed by atoms with Crippen LogP contribution >= 0.6 is 11.3 Å². The standard InChI is InChI=1S/C12H10FN3O3S/c13-8-1-2-10(16(18)19)9(7-8)12(17)15-4-3-11-14-5-6-20-11/h1-2,5-7H,3-4H2,(H,15,17). The smallest absolute Gasteiger partial charge is 0.282 e. The summed E-state index contributed by atoms with van der Waals surface area (Å²) in [7, 11) is 0. The van der Waals surface area contributed by atoms with E-state index in [0.717, 1.165) is 23.2 Å². The van der Waals surface area contributed by atoms with Crippen molar-refractivity contribution >= 4 is 22.9 Å². The highest BCUT2D eigenvalue weighted by molar-refractivity contribution is 7.09. The lowest BCUT2D eigenvalue weighted by atomic mass is 10.1. The van der Waals surface area contributed by atoms with Gasteiger partial charge in [0.2, 0.25) is 0 Å². The van der Waals surface area contributed by atoms with E-state index in [0.29, 0.717) is 6.42 Å². The summed E-state index contributed by atoms with van der Waals surface area (Å²) in [6.07, 6.45) is 2.17. The second-order valence-corrected chi connectivity index (χ2v) is 4.83. The Morgan fingerprint density at radius 1 is 1.50 bits per heavy atom. The summed E-state index contributed by atoms with van der Waals surface area (Å²) in [6.45, 7) is 0.278. The third-order valence-electron chi connectivity index (χ3n) is 2.51. The molecule has 6 nitrogen and oxygen atoms in total. The van der Waals surface area contributed by atoms with Gasteiger partial charge in [-0.05, 0) is 12.1 Å². The summed E-state index contributed by atoms with van der Waals surface area (Å²) in [6, 6.07) is 2.78. The predicted octanol–water partition coefficient (Wildman–Crippen LogP) is 2.16. The molecule has 2 aromatic rings. The van der Waals surface area contributed by atoms with Crippen molar-refractivity contribution in [2.24, 2.45) is 0 Å². The van der Waals surface area contributed by atoms with Gasteiger partial charge in [-0.25, -0.2) is 9.37 Å². The van der Waals surface area contributed by atoms with Crippen LogP contribution in [0.15, 0.2) is 29.8 Å². The van der Waals surface area contributed by atoms with Crippen LogP contribution in [0.3, 0.4) is 0 Å². The first-order valence-electron chi connectivity index (χ1n) is 5.68. The van der Waals surface area contributed by atoms with E-state index in [2.05, 4.69) is 10.3 Å². The molecule has 0 saturated carbocycles. The van der Waals surface area contributed by atoms with Crippen LogP contribution < -0.4 is 5.32 Å². The molecule has 0 unspecified atom stereocenters. The molecular weight excluding hydrogens is 285 g/mol. The Balaban J connectivity index is 2.05. The molecule has 0 radical (unpaired) electrons. The van der Waals surface area contributed by atoms with E-state index in [4.69, 9.17) is 0 Å². The van der Waals surface area contributed by atoms with Crippen molar-refractivity contribution < 1.29 is 14.1 Å². The lowest BCUT2D eigenvalue weighted by Crippen LogP contribution is -2.26. The van der Waals surface area contributed by atoms with E-state index >= 15 is 0 Å². The number of rotatable bonds is 5. The summed E-state index contributed by atoms with van der Waals surface area (Å²) in [5, 5.41) is 16.0. The lowest BCUT2D eigenvalue weighted by molar-refractivity contribution is -0.385. The molecule has 1 amide bonds. The Morgan fingerprint density at radius 3 is 2.95 bits per heavy atom. The van der Waals surface area contributed by atoms with Crippen molar-refractivity contribution in [3.63, 3.8) is 0 Å². The summed E-state index contributed by atoms with van der Waals surface area (Å²) in [5.41, 5.74) is -0.702. The number of nitro benzene ring substituents is 1. The number of carbonyl (C=O) groups excluding carboxylic acids is 1. The molecule has 104 valence electrons. The maximum Gasteiger partial charge on any atom is 0.282 e. The maximum absolute atomic E-state index is 13.1. The van der Waals surface area contributed by atoms with Crippen LogP contribution in [0.2, 0.25) is 0 Å². The number of carbonyl (C=O) groups is 1. The first kappa shape index (κ1) is 14.1. The zero-order valence-corrected chi connectivity index (χ0v) is 11.0. The van der Waals surface area contributed by atoms with Crippen LogP contribution in [0, 0.1) is 15.9 Å². The number of hydrogen-bond acceptors (Lipinski definition) is 5. The van der Waals surface area contributed by atoms with Crippen LogP contribution in [0.4, 0.5) is 10.1 Å². The molecule has 1 N–H and O–H groups in total. The van der Waals surface area contributed by atoms with Crippen molar-refractivity contribution in [2.75, 3.05) is 6.54 Å². The van der Waals surface area contributed by atoms with Gasteiger partial charge in [0, 0.05) is 30.6 Å². The highest BCUT2D eigenvalue weighted by Crippen LogP contribution is 2.19. The SMILES string of the molecule is O=C(NCCc1nccs1)c1cc(F)ccc1[N+](=O)[O-]. The lowest BCUT2D eigenvalue weighted by Gasteiger charge is -2.05. The number of benzene rings is 1. The third kappa shape index (κ3) is 3.35. The van der Waals surface area contributed by atoms with Gasteiger partial charge in [-0.1, -0.05) is 0 Å². The minimum absolute atomic E-state index is 0.278. The summed E-state index contributed by atoms with van der Waals surface area (Å²) in [5.74, 6) is -1.37. The Hall–Kier alpha value is -2.35. The molecule has 2 rings (SSSR count). The van der Waals surface area contributed by atoms with Crippen LogP contribution in [-0.2, 0) is 6.42 Å². The van der Waals surface area contributed by atoms with E-state index in [1.54, 1.807) is 6.20 Å². The fourth-order valence-electron chi connectivity index (χ4n) is 1.60. The second-order valence-electron chi connectivity index (χ2n) is 3.85. The normalized spacial score (nSPS) is 10.2.